The minimum Gasteiger partial charge on any atom is -0.367 e. The Morgan fingerprint density at radius 2 is 0.940 bits per heavy atom. The molecule has 8 nitrogen and oxygen atoms in total. The molecule has 0 radical (unpaired) electrons. The number of anilines is 2. The van der Waals surface area contributed by atoms with Crippen LogP contribution in [0.2, 0.25) is 0 Å². The maximum absolute atomic E-state index is 14.6. The van der Waals surface area contributed by atoms with Crippen LogP contribution in [0.3, 0.4) is 0 Å². The van der Waals surface area contributed by atoms with Crippen molar-refractivity contribution in [2.24, 2.45) is 0 Å². The minimum absolute atomic E-state index is 0.0124. The van der Waals surface area contributed by atoms with Gasteiger partial charge >= 0.3 is 27.5 Å². The summed E-state index contributed by atoms with van der Waals surface area (Å²) in [6.45, 7) is 6.31. The molecule has 274 valence electrons. The van der Waals surface area contributed by atoms with E-state index in [2.05, 4.69) is 10.6 Å². The first kappa shape index (κ1) is 40.1. The molecule has 0 saturated heterocycles. The quantitative estimate of drug-likeness (QED) is 0.0807. The lowest BCUT2D eigenvalue weighted by molar-refractivity contribution is -0.139. The first-order valence-corrected chi connectivity index (χ1v) is 20.4. The van der Waals surface area contributed by atoms with Gasteiger partial charge in [0, 0.05) is 21.1 Å². The maximum Gasteiger partial charge on any atom is 0.417 e. The number of rotatable bonds is 17. The largest absolute Gasteiger partial charge is 0.417 e. The van der Waals surface area contributed by atoms with Crippen LogP contribution in [0, 0.1) is 0 Å². The van der Waals surface area contributed by atoms with Gasteiger partial charge in [0.2, 0.25) is 0 Å². The highest BCUT2D eigenvalue weighted by Gasteiger charge is 2.42. The van der Waals surface area contributed by atoms with Gasteiger partial charge < -0.3 is 28.7 Å². The van der Waals surface area contributed by atoms with E-state index >= 15 is 0 Å². The zero-order valence-corrected chi connectivity index (χ0v) is 30.8. The molecule has 4 aromatic rings. The van der Waals surface area contributed by atoms with E-state index in [0.717, 1.165) is 12.1 Å². The van der Waals surface area contributed by atoms with E-state index in [1.54, 1.807) is 62.7 Å². The number of nitrogens with one attached hydrogen (secondary N) is 2. The van der Waals surface area contributed by atoms with Crippen LogP contribution in [0.25, 0.3) is 11.1 Å². The summed E-state index contributed by atoms with van der Waals surface area (Å²) < 4.78 is 137. The van der Waals surface area contributed by atoms with E-state index in [9.17, 15) is 35.5 Å². The number of hydrogen-bond donors (Lipinski definition) is 2. The van der Waals surface area contributed by atoms with Crippen molar-refractivity contribution in [3.63, 3.8) is 0 Å². The van der Waals surface area contributed by atoms with Gasteiger partial charge in [-0.2, -0.15) is 26.3 Å². The maximum atomic E-state index is 14.6. The second-order valence-electron chi connectivity index (χ2n) is 10.4. The summed E-state index contributed by atoms with van der Waals surface area (Å²) in [4.78, 5) is 0.906. The van der Waals surface area contributed by atoms with Crippen molar-refractivity contribution < 1.29 is 53.6 Å². The molecule has 2 unspecified atom stereocenters. The average molecular weight is 785 g/mol. The fraction of sp³-hybridized carbons (Fsp3) is 0.375. The van der Waals surface area contributed by atoms with Gasteiger partial charge in [-0.25, -0.2) is 0 Å². The Morgan fingerprint density at radius 3 is 1.20 bits per heavy atom. The second kappa shape index (κ2) is 16.8. The third-order valence-electron chi connectivity index (χ3n) is 7.04. The molecule has 0 aliphatic heterocycles. The average Bonchev–Trinajstić information content (AvgIpc) is 3.77. The molecule has 18 heteroatoms. The van der Waals surface area contributed by atoms with Gasteiger partial charge in [-0.15, -0.1) is 22.7 Å². The van der Waals surface area contributed by atoms with E-state index in [4.69, 9.17) is 18.1 Å². The molecule has 2 atom stereocenters. The highest BCUT2D eigenvalue weighted by Crippen LogP contribution is 2.63. The van der Waals surface area contributed by atoms with Crippen LogP contribution in [0.1, 0.15) is 60.1 Å². The van der Waals surface area contributed by atoms with Gasteiger partial charge in [0.25, 0.3) is 0 Å². The summed E-state index contributed by atoms with van der Waals surface area (Å²) in [7, 11) is -7.94. The van der Waals surface area contributed by atoms with Crippen molar-refractivity contribution in [3.8, 4) is 11.1 Å². The summed E-state index contributed by atoms with van der Waals surface area (Å²) in [5, 5.41) is 9.01. The number of hydrogen-bond acceptors (Lipinski definition) is 10. The predicted octanol–water partition coefficient (Wildman–Crippen LogP) is 12.3. The highest BCUT2D eigenvalue weighted by atomic mass is 32.1. The molecule has 2 N–H and O–H groups in total. The van der Waals surface area contributed by atoms with Crippen LogP contribution >= 0.6 is 37.9 Å². The number of thiophene rings is 2. The first-order chi connectivity index (χ1) is 23.6. The van der Waals surface area contributed by atoms with E-state index in [1.807, 2.05) is 0 Å². The minimum atomic E-state index is -5.10. The topological polar surface area (TPSA) is 95.1 Å². The third-order valence-corrected chi connectivity index (χ3v) is 13.8. The molecular formula is C32H36F6N2O6P2S2. The molecule has 0 aliphatic rings. The molecule has 2 heterocycles. The normalized spacial score (nSPS) is 14.0. The molecule has 0 saturated carbocycles. The number of alkyl halides is 6. The molecule has 0 amide bonds. The van der Waals surface area contributed by atoms with Gasteiger partial charge in [-0.3, -0.25) is 9.13 Å². The highest BCUT2D eigenvalue weighted by molar-refractivity contribution is 7.55. The smallest absolute Gasteiger partial charge is 0.367 e. The van der Waals surface area contributed by atoms with Gasteiger partial charge in [0.15, 0.2) is 11.6 Å². The lowest BCUT2D eigenvalue weighted by Gasteiger charge is -2.28. The van der Waals surface area contributed by atoms with Crippen LogP contribution in [-0.4, -0.2) is 26.4 Å². The molecule has 0 bridgehead atoms. The van der Waals surface area contributed by atoms with E-state index in [1.165, 1.54) is 34.8 Å². The molecule has 2 aromatic carbocycles. The van der Waals surface area contributed by atoms with E-state index < -0.39 is 61.4 Å². The van der Waals surface area contributed by atoms with Crippen LogP contribution in [0.15, 0.2) is 71.4 Å². The van der Waals surface area contributed by atoms with Gasteiger partial charge in [-0.1, -0.05) is 24.3 Å². The van der Waals surface area contributed by atoms with Gasteiger partial charge in [0.05, 0.1) is 37.6 Å². The Kier molecular flexibility index (Phi) is 13.4. The zero-order chi connectivity index (χ0) is 36.7. The van der Waals surface area contributed by atoms with Crippen molar-refractivity contribution >= 4 is 49.2 Å². The molecule has 0 spiro atoms. The summed E-state index contributed by atoms with van der Waals surface area (Å²) in [5.41, 5.74) is -4.56. The Bertz CT molecular complexity index is 1640. The van der Waals surface area contributed by atoms with Crippen LogP contribution in [0.4, 0.5) is 37.7 Å². The monoisotopic (exact) mass is 784 g/mol. The Morgan fingerprint density at radius 1 is 0.600 bits per heavy atom. The zero-order valence-electron chi connectivity index (χ0n) is 27.3. The van der Waals surface area contributed by atoms with Gasteiger partial charge in [-0.05, 0) is 86.0 Å². The van der Waals surface area contributed by atoms with Crippen molar-refractivity contribution in [2.45, 2.75) is 51.6 Å². The Labute approximate surface area is 294 Å². The lowest BCUT2D eigenvalue weighted by Crippen LogP contribution is -2.16. The molecule has 0 aliphatic carbocycles. The molecule has 2 aromatic heterocycles. The Hall–Kier alpha value is -2.68. The molecular weight excluding hydrogens is 748 g/mol. The van der Waals surface area contributed by atoms with E-state index in [0.29, 0.717) is 21.9 Å². The molecule has 50 heavy (non-hydrogen) atoms. The second-order valence-corrected chi connectivity index (χ2v) is 16.6. The SMILES string of the molecule is CCOP(=O)(OCC)C(Nc1ccc(-c2ccc(NC(c3cccs3)P(=O)(OCC)OCC)cc2C(F)(F)F)c(C(F)(F)F)c1)c1cccs1. The van der Waals surface area contributed by atoms with Gasteiger partial charge in [0.1, 0.15) is 0 Å². The van der Waals surface area contributed by atoms with Crippen molar-refractivity contribution in [3.05, 3.63) is 92.3 Å². The third kappa shape index (κ3) is 9.40. The number of benzene rings is 2. The van der Waals surface area contributed by atoms with Crippen molar-refractivity contribution in [1.82, 2.24) is 0 Å². The fourth-order valence-electron chi connectivity index (χ4n) is 5.12. The van der Waals surface area contributed by atoms with Crippen molar-refractivity contribution in [1.29, 1.82) is 0 Å². The van der Waals surface area contributed by atoms with Crippen LogP contribution in [0.5, 0.6) is 0 Å². The molecule has 0 fully saturated rings. The Balaban J connectivity index is 1.81. The first-order valence-electron chi connectivity index (χ1n) is 15.4. The lowest BCUT2D eigenvalue weighted by atomic mass is 9.93. The van der Waals surface area contributed by atoms with Crippen LogP contribution in [-0.2, 0) is 39.6 Å². The molecule has 4 rings (SSSR count). The number of halogens is 6. The summed E-state index contributed by atoms with van der Waals surface area (Å²) >= 11 is 2.35. The fourth-order valence-corrected chi connectivity index (χ4v) is 11.2. The van der Waals surface area contributed by atoms with E-state index in [-0.39, 0.29) is 37.8 Å². The summed E-state index contributed by atoms with van der Waals surface area (Å²) in [5.74, 6) is -2.41. The standard InChI is InChI=1S/C32H36F6N2O6P2S2/c1-5-43-47(41,44-6-2)29(27-11-9-17-49-27)39-21-13-15-23(25(19-21)31(33,34)35)24-16-14-22(20-26(24)32(36,37)38)40-30(28-12-10-18-50-28)48(42,45-7-3)46-8-4/h9-20,29-30,39-40H,5-8H2,1-4H3. The summed E-state index contributed by atoms with van der Waals surface area (Å²) in [6.07, 6.45) is -10.2. The van der Waals surface area contributed by atoms with Crippen LogP contribution < -0.4 is 10.6 Å². The van der Waals surface area contributed by atoms with Crippen molar-refractivity contribution in [2.75, 3.05) is 37.1 Å². The summed E-state index contributed by atoms with van der Waals surface area (Å²) in [6, 6.07) is 12.1. The predicted molar refractivity (Wildman–Crippen MR) is 185 cm³/mol.